The van der Waals surface area contributed by atoms with Crippen LogP contribution in [0.15, 0.2) is 59.9 Å². The van der Waals surface area contributed by atoms with Gasteiger partial charge in [0.25, 0.3) is 0 Å². The summed E-state index contributed by atoms with van der Waals surface area (Å²) < 4.78 is 13.8. The Bertz CT molecular complexity index is 1480. The minimum atomic E-state index is -0.629. The molecule has 3 aliphatic heterocycles. The van der Waals surface area contributed by atoms with E-state index in [2.05, 4.69) is 16.0 Å². The average molecular weight is 529 g/mol. The molecular weight excluding hydrogens is 495 g/mol. The molecule has 1 spiro atoms. The smallest absolute Gasteiger partial charge is 0.244 e. The number of aryl methyl sites for hydroxylation is 1. The summed E-state index contributed by atoms with van der Waals surface area (Å²) in [6, 6.07) is 10.1. The zero-order valence-electron chi connectivity index (χ0n) is 22.5. The molecule has 1 aliphatic carbocycles. The lowest BCUT2D eigenvalue weighted by Crippen LogP contribution is -2.50. The van der Waals surface area contributed by atoms with Crippen molar-refractivity contribution in [1.29, 1.82) is 0 Å². The van der Waals surface area contributed by atoms with Crippen LogP contribution in [0, 0.1) is 23.6 Å². The lowest BCUT2D eigenvalue weighted by Gasteiger charge is -2.43. The van der Waals surface area contributed by atoms with Crippen LogP contribution in [-0.4, -0.2) is 35.7 Å². The number of dihydropyridines is 1. The Morgan fingerprint density at radius 3 is 2.72 bits per heavy atom. The van der Waals surface area contributed by atoms with E-state index in [1.54, 1.807) is 11.0 Å². The number of nitrogens with zero attached hydrogens (tertiary/aromatic N) is 1. The van der Waals surface area contributed by atoms with E-state index in [1.807, 2.05) is 51.1 Å². The van der Waals surface area contributed by atoms with Crippen LogP contribution in [0.3, 0.4) is 0 Å². The minimum absolute atomic E-state index is 0.00156. The molecule has 0 saturated carbocycles. The van der Waals surface area contributed by atoms with Crippen LogP contribution in [-0.2, 0) is 27.2 Å². The highest BCUT2D eigenvalue weighted by atomic mass is 19.1. The molecule has 202 valence electrons. The molecule has 1 fully saturated rings. The van der Waals surface area contributed by atoms with Gasteiger partial charge in [-0.15, -0.1) is 0 Å². The first-order valence-electron chi connectivity index (χ1n) is 13.5. The Labute approximate surface area is 227 Å². The Balaban J connectivity index is 1.21. The number of allylic oxidation sites excluding steroid dienone is 1. The Morgan fingerprint density at radius 2 is 1.92 bits per heavy atom. The molecular formula is C31H33FN4O3. The van der Waals surface area contributed by atoms with Crippen molar-refractivity contribution < 1.29 is 18.8 Å². The highest BCUT2D eigenvalue weighted by molar-refractivity contribution is 5.96. The molecule has 3 amide bonds. The quantitative estimate of drug-likeness (QED) is 0.559. The summed E-state index contributed by atoms with van der Waals surface area (Å²) >= 11 is 0. The molecule has 39 heavy (non-hydrogen) atoms. The van der Waals surface area contributed by atoms with E-state index < -0.39 is 10.8 Å². The number of nitrogens with one attached hydrogen (secondary N) is 3. The van der Waals surface area contributed by atoms with Crippen LogP contribution >= 0.6 is 0 Å². The summed E-state index contributed by atoms with van der Waals surface area (Å²) in [7, 11) is 0. The van der Waals surface area contributed by atoms with Gasteiger partial charge in [0.2, 0.25) is 17.7 Å². The molecule has 8 heteroatoms. The molecule has 0 aromatic heterocycles. The van der Waals surface area contributed by atoms with Crippen molar-refractivity contribution in [1.82, 2.24) is 15.5 Å². The minimum Gasteiger partial charge on any atom is -0.368 e. The molecule has 0 unspecified atom stereocenters. The number of piperidine rings is 1. The summed E-state index contributed by atoms with van der Waals surface area (Å²) in [6.07, 6.45) is 6.63. The number of rotatable bonds is 4. The van der Waals surface area contributed by atoms with E-state index in [0.29, 0.717) is 37.9 Å². The first kappa shape index (κ1) is 25.3. The predicted molar refractivity (Wildman–Crippen MR) is 146 cm³/mol. The maximum atomic E-state index is 13.8. The Hall–Kier alpha value is -3.94. The van der Waals surface area contributed by atoms with E-state index in [9.17, 15) is 18.8 Å². The van der Waals surface area contributed by atoms with Crippen LogP contribution in [0.25, 0.3) is 0 Å². The molecule has 7 nitrogen and oxygen atoms in total. The molecule has 6 rings (SSSR count). The van der Waals surface area contributed by atoms with Gasteiger partial charge in [0.1, 0.15) is 18.2 Å². The van der Waals surface area contributed by atoms with Gasteiger partial charge < -0.3 is 20.9 Å². The van der Waals surface area contributed by atoms with Gasteiger partial charge in [-0.05, 0) is 79.1 Å². The molecule has 0 radical (unpaired) electrons. The maximum Gasteiger partial charge on any atom is 0.244 e. The molecule has 2 aromatic carbocycles. The fourth-order valence-corrected chi connectivity index (χ4v) is 6.65. The highest BCUT2D eigenvalue weighted by Gasteiger charge is 2.51. The Morgan fingerprint density at radius 1 is 1.13 bits per heavy atom. The largest absolute Gasteiger partial charge is 0.368 e. The molecule has 3 N–H and O–H groups in total. The fraction of sp³-hybridized carbons (Fsp3) is 0.387. The lowest BCUT2D eigenvalue weighted by atomic mass is 9.78. The van der Waals surface area contributed by atoms with Crippen molar-refractivity contribution in [2.45, 2.75) is 52.5 Å². The first-order chi connectivity index (χ1) is 18.6. The standard InChI is InChI=1S/C31H33FN4O3/c1-18-13-21(32)7-9-23(18)25-10-11-30(2,3)29(39)36(25)17-26(37)34-22-8-6-19-15-31(16-20(19)14-22)24-5-4-12-33-27(24)35-28(31)38/h4-9,13-14,25,33H,10-12,15-17H2,1-3H3,(H,34,37)(H,35,38)/t25-,31+/m0/s1. The number of carbonyl (C=O) groups excluding carboxylic acids is 3. The predicted octanol–water partition coefficient (Wildman–Crippen LogP) is 4.05. The lowest BCUT2D eigenvalue weighted by molar-refractivity contribution is -0.150. The zero-order valence-corrected chi connectivity index (χ0v) is 22.5. The van der Waals surface area contributed by atoms with Gasteiger partial charge in [-0.3, -0.25) is 14.4 Å². The van der Waals surface area contributed by atoms with Gasteiger partial charge in [-0.25, -0.2) is 4.39 Å². The second-order valence-electron chi connectivity index (χ2n) is 11.9. The van der Waals surface area contributed by atoms with Crippen molar-refractivity contribution in [2.24, 2.45) is 10.8 Å². The normalized spacial score (nSPS) is 24.9. The van der Waals surface area contributed by atoms with Crippen LogP contribution < -0.4 is 16.0 Å². The monoisotopic (exact) mass is 528 g/mol. The summed E-state index contributed by atoms with van der Waals surface area (Å²) in [4.78, 5) is 41.4. The maximum absolute atomic E-state index is 13.8. The van der Waals surface area contributed by atoms with Crippen molar-refractivity contribution >= 4 is 23.4 Å². The Kier molecular flexibility index (Phi) is 5.90. The number of amides is 3. The van der Waals surface area contributed by atoms with Crippen molar-refractivity contribution in [3.63, 3.8) is 0 Å². The zero-order chi connectivity index (χ0) is 27.5. The average Bonchev–Trinajstić information content (AvgIpc) is 3.40. The number of benzene rings is 2. The third-order valence-corrected chi connectivity index (χ3v) is 8.78. The van der Waals surface area contributed by atoms with Gasteiger partial charge in [0.05, 0.1) is 11.5 Å². The van der Waals surface area contributed by atoms with Gasteiger partial charge in [-0.2, -0.15) is 0 Å². The number of hydrogen-bond donors (Lipinski definition) is 3. The van der Waals surface area contributed by atoms with Crippen LogP contribution in [0.2, 0.25) is 0 Å². The third kappa shape index (κ3) is 4.22. The van der Waals surface area contributed by atoms with E-state index in [4.69, 9.17) is 0 Å². The highest BCUT2D eigenvalue weighted by Crippen LogP contribution is 2.48. The van der Waals surface area contributed by atoms with Crippen LogP contribution in [0.4, 0.5) is 10.1 Å². The summed E-state index contributed by atoms with van der Waals surface area (Å²) in [5.74, 6) is 0.103. The van der Waals surface area contributed by atoms with E-state index >= 15 is 0 Å². The molecule has 0 bridgehead atoms. The summed E-state index contributed by atoms with van der Waals surface area (Å²) in [5, 5.41) is 9.23. The van der Waals surface area contributed by atoms with E-state index in [1.165, 1.54) is 12.1 Å². The summed E-state index contributed by atoms with van der Waals surface area (Å²) in [6.45, 7) is 6.24. The van der Waals surface area contributed by atoms with E-state index in [0.717, 1.165) is 33.6 Å². The molecule has 2 atom stereocenters. The molecule has 2 aromatic rings. The number of carbonyl (C=O) groups is 3. The van der Waals surface area contributed by atoms with Crippen molar-refractivity contribution in [2.75, 3.05) is 18.4 Å². The van der Waals surface area contributed by atoms with Gasteiger partial charge in [0, 0.05) is 23.2 Å². The van der Waals surface area contributed by atoms with Crippen molar-refractivity contribution in [3.8, 4) is 0 Å². The third-order valence-electron chi connectivity index (χ3n) is 8.78. The number of likely N-dealkylation sites (tertiary alicyclic amines) is 1. The van der Waals surface area contributed by atoms with Crippen molar-refractivity contribution in [3.05, 3.63) is 88.0 Å². The van der Waals surface area contributed by atoms with Gasteiger partial charge >= 0.3 is 0 Å². The molecule has 3 heterocycles. The molecule has 1 saturated heterocycles. The first-order valence-corrected chi connectivity index (χ1v) is 13.5. The topological polar surface area (TPSA) is 90.5 Å². The molecule has 4 aliphatic rings. The summed E-state index contributed by atoms with van der Waals surface area (Å²) in [5.41, 5.74) is 4.18. The van der Waals surface area contributed by atoms with Crippen LogP contribution in [0.5, 0.6) is 0 Å². The number of fused-ring (bicyclic) bond motifs is 2. The second kappa shape index (κ2) is 9.07. The SMILES string of the molecule is Cc1cc(F)ccc1[C@@H]1CCC(C)(C)C(=O)N1CC(=O)Nc1ccc2c(c1)C[C@@]1(C2)C(=O)NC2=C1C=CCN2. The van der Waals surface area contributed by atoms with Crippen LogP contribution in [0.1, 0.15) is 55.0 Å². The van der Waals surface area contributed by atoms with Gasteiger partial charge in [-0.1, -0.05) is 38.1 Å². The number of hydrogen-bond acceptors (Lipinski definition) is 4. The van der Waals surface area contributed by atoms with Gasteiger partial charge in [0.15, 0.2) is 0 Å². The number of anilines is 1. The van der Waals surface area contributed by atoms with E-state index in [-0.39, 0.29) is 36.1 Å². The fourth-order valence-electron chi connectivity index (χ4n) is 6.65. The second-order valence-corrected chi connectivity index (χ2v) is 11.9. The number of halogens is 1.